The van der Waals surface area contributed by atoms with Gasteiger partial charge in [-0.3, -0.25) is 0 Å². The van der Waals surface area contributed by atoms with Gasteiger partial charge in [-0.25, -0.2) is 8.78 Å². The summed E-state index contributed by atoms with van der Waals surface area (Å²) >= 11 is 0. The van der Waals surface area contributed by atoms with Crippen molar-refractivity contribution in [2.45, 2.75) is 13.2 Å². The summed E-state index contributed by atoms with van der Waals surface area (Å²) in [5, 5.41) is 8.91. The minimum atomic E-state index is -0.539. The molecule has 2 aromatic rings. The van der Waals surface area contributed by atoms with Crippen LogP contribution in [0, 0.1) is 23.0 Å². The van der Waals surface area contributed by atoms with Crippen molar-refractivity contribution >= 4 is 0 Å². The highest BCUT2D eigenvalue weighted by molar-refractivity contribution is 5.38. The van der Waals surface area contributed by atoms with Crippen LogP contribution >= 0.6 is 0 Å². The lowest BCUT2D eigenvalue weighted by molar-refractivity contribution is 0.289. The molecule has 20 heavy (non-hydrogen) atoms. The third-order valence-corrected chi connectivity index (χ3v) is 2.80. The fourth-order valence-electron chi connectivity index (χ4n) is 1.73. The van der Waals surface area contributed by atoms with Crippen LogP contribution in [0.4, 0.5) is 8.78 Å². The Kier molecular flexibility index (Phi) is 4.28. The van der Waals surface area contributed by atoms with Crippen molar-refractivity contribution in [2.75, 3.05) is 0 Å². The Labute approximate surface area is 115 Å². The number of hydrogen-bond acceptors (Lipinski definition) is 3. The molecule has 0 atom stereocenters. The molecule has 0 amide bonds. The van der Waals surface area contributed by atoms with Crippen molar-refractivity contribution in [3.05, 3.63) is 64.7 Å². The van der Waals surface area contributed by atoms with Gasteiger partial charge in [0.15, 0.2) is 11.6 Å². The highest BCUT2D eigenvalue weighted by Crippen LogP contribution is 2.20. The van der Waals surface area contributed by atoms with Crippen LogP contribution in [0.5, 0.6) is 5.75 Å². The topological polar surface area (TPSA) is 59.0 Å². The summed E-state index contributed by atoms with van der Waals surface area (Å²) in [7, 11) is 0. The van der Waals surface area contributed by atoms with E-state index in [1.807, 2.05) is 6.07 Å². The van der Waals surface area contributed by atoms with E-state index in [1.165, 1.54) is 30.3 Å². The predicted octanol–water partition coefficient (Wildman–Crippen LogP) is 2.87. The zero-order valence-electron chi connectivity index (χ0n) is 10.6. The van der Waals surface area contributed by atoms with Crippen molar-refractivity contribution in [1.82, 2.24) is 0 Å². The van der Waals surface area contributed by atoms with Crippen LogP contribution in [0.15, 0.2) is 36.4 Å². The van der Waals surface area contributed by atoms with Crippen molar-refractivity contribution in [1.29, 1.82) is 5.26 Å². The van der Waals surface area contributed by atoms with Crippen LogP contribution in [0.2, 0.25) is 0 Å². The smallest absolute Gasteiger partial charge is 0.165 e. The first-order chi connectivity index (χ1) is 9.63. The zero-order chi connectivity index (χ0) is 14.5. The average Bonchev–Trinajstić information content (AvgIpc) is 2.46. The van der Waals surface area contributed by atoms with Gasteiger partial charge in [0.1, 0.15) is 12.4 Å². The molecule has 2 rings (SSSR count). The first-order valence-electron chi connectivity index (χ1n) is 5.94. The quantitative estimate of drug-likeness (QED) is 0.932. The van der Waals surface area contributed by atoms with Gasteiger partial charge in [0.2, 0.25) is 0 Å². The minimum Gasteiger partial charge on any atom is -0.486 e. The Morgan fingerprint density at radius 2 is 1.95 bits per heavy atom. The maximum absolute atomic E-state index is 13.7. The molecular weight excluding hydrogens is 262 g/mol. The molecule has 0 spiro atoms. The predicted molar refractivity (Wildman–Crippen MR) is 69.7 cm³/mol. The maximum Gasteiger partial charge on any atom is 0.165 e. The molecule has 0 radical (unpaired) electrons. The summed E-state index contributed by atoms with van der Waals surface area (Å²) in [4.78, 5) is 0. The molecule has 2 aromatic carbocycles. The third kappa shape index (κ3) is 3.11. The summed E-state index contributed by atoms with van der Waals surface area (Å²) in [6.45, 7) is 0.152. The van der Waals surface area contributed by atoms with Gasteiger partial charge >= 0.3 is 0 Å². The van der Waals surface area contributed by atoms with Crippen LogP contribution < -0.4 is 10.5 Å². The fourth-order valence-corrected chi connectivity index (χ4v) is 1.73. The van der Waals surface area contributed by atoms with Crippen LogP contribution in [0.1, 0.15) is 16.7 Å². The number of nitrogens with two attached hydrogens (primary N) is 1. The van der Waals surface area contributed by atoms with E-state index in [-0.39, 0.29) is 18.9 Å². The van der Waals surface area contributed by atoms with Gasteiger partial charge in [-0.15, -0.1) is 0 Å². The molecule has 0 aromatic heterocycles. The molecule has 0 unspecified atom stereocenters. The lowest BCUT2D eigenvalue weighted by Gasteiger charge is -2.09. The van der Waals surface area contributed by atoms with Gasteiger partial charge in [-0.2, -0.15) is 5.26 Å². The Bertz CT molecular complexity index is 665. The van der Waals surface area contributed by atoms with Gasteiger partial charge < -0.3 is 10.5 Å². The van der Waals surface area contributed by atoms with Gasteiger partial charge in [0.05, 0.1) is 11.6 Å². The second-order valence-electron chi connectivity index (χ2n) is 4.17. The second kappa shape index (κ2) is 6.13. The summed E-state index contributed by atoms with van der Waals surface area (Å²) in [6, 6.07) is 10.1. The highest BCUT2D eigenvalue weighted by atomic mass is 19.1. The van der Waals surface area contributed by atoms with E-state index < -0.39 is 11.6 Å². The second-order valence-corrected chi connectivity index (χ2v) is 4.17. The minimum absolute atomic E-state index is 0.0374. The SMILES string of the molecule is N#Cc1ccc(F)cc1COc1ccc(CN)cc1F. The molecular formula is C15H12F2N2O. The molecule has 0 heterocycles. The van der Waals surface area contributed by atoms with Gasteiger partial charge in [-0.05, 0) is 35.9 Å². The Morgan fingerprint density at radius 1 is 1.15 bits per heavy atom. The maximum atomic E-state index is 13.7. The van der Waals surface area contributed by atoms with Crippen LogP contribution in [0.25, 0.3) is 0 Å². The fraction of sp³-hybridized carbons (Fsp3) is 0.133. The molecule has 2 N–H and O–H groups in total. The molecule has 0 aliphatic rings. The normalized spacial score (nSPS) is 10.1. The van der Waals surface area contributed by atoms with E-state index >= 15 is 0 Å². The number of hydrogen-bond donors (Lipinski definition) is 1. The van der Waals surface area contributed by atoms with Gasteiger partial charge in [0.25, 0.3) is 0 Å². The first-order valence-corrected chi connectivity index (χ1v) is 5.94. The number of nitriles is 1. The van der Waals surface area contributed by atoms with E-state index in [4.69, 9.17) is 15.7 Å². The molecule has 0 aliphatic heterocycles. The van der Waals surface area contributed by atoms with E-state index in [0.29, 0.717) is 16.7 Å². The standard InChI is InChI=1S/C15H12F2N2O/c16-13-3-2-11(8-19)12(6-13)9-20-15-4-1-10(7-18)5-14(15)17/h1-6H,7,9,18H2. The average molecular weight is 274 g/mol. The Balaban J connectivity index is 2.17. The summed E-state index contributed by atoms with van der Waals surface area (Å²) in [5.74, 6) is -0.972. The van der Waals surface area contributed by atoms with Crippen LogP contribution in [0.3, 0.4) is 0 Å². The van der Waals surface area contributed by atoms with E-state index in [2.05, 4.69) is 0 Å². The van der Waals surface area contributed by atoms with Crippen LogP contribution in [-0.4, -0.2) is 0 Å². The molecule has 0 aliphatic carbocycles. The number of nitrogens with zero attached hydrogens (tertiary/aromatic N) is 1. The third-order valence-electron chi connectivity index (χ3n) is 2.80. The number of halogens is 2. The van der Waals surface area contributed by atoms with E-state index in [0.717, 1.165) is 0 Å². The Morgan fingerprint density at radius 3 is 2.60 bits per heavy atom. The highest BCUT2D eigenvalue weighted by Gasteiger charge is 2.08. The molecule has 5 heteroatoms. The van der Waals surface area contributed by atoms with Crippen molar-refractivity contribution in [3.63, 3.8) is 0 Å². The molecule has 0 saturated carbocycles. The first kappa shape index (κ1) is 14.0. The van der Waals surface area contributed by atoms with Crippen molar-refractivity contribution in [2.24, 2.45) is 5.73 Å². The zero-order valence-corrected chi connectivity index (χ0v) is 10.6. The van der Waals surface area contributed by atoms with Gasteiger partial charge in [-0.1, -0.05) is 6.07 Å². The van der Waals surface area contributed by atoms with Gasteiger partial charge in [0, 0.05) is 12.1 Å². The van der Waals surface area contributed by atoms with E-state index in [1.54, 1.807) is 6.07 Å². The summed E-state index contributed by atoms with van der Waals surface area (Å²) in [5.41, 5.74) is 6.72. The monoisotopic (exact) mass is 274 g/mol. The molecule has 0 bridgehead atoms. The lowest BCUT2D eigenvalue weighted by Crippen LogP contribution is -2.02. The van der Waals surface area contributed by atoms with Crippen molar-refractivity contribution in [3.8, 4) is 11.8 Å². The summed E-state index contributed by atoms with van der Waals surface area (Å²) in [6.07, 6.45) is 0. The molecule has 102 valence electrons. The molecule has 0 saturated heterocycles. The largest absolute Gasteiger partial charge is 0.486 e. The van der Waals surface area contributed by atoms with Crippen molar-refractivity contribution < 1.29 is 13.5 Å². The lowest BCUT2D eigenvalue weighted by atomic mass is 10.1. The number of rotatable bonds is 4. The van der Waals surface area contributed by atoms with Crippen LogP contribution in [-0.2, 0) is 13.2 Å². The van der Waals surface area contributed by atoms with E-state index in [9.17, 15) is 8.78 Å². The Hall–Kier alpha value is -2.45. The number of benzene rings is 2. The summed E-state index contributed by atoms with van der Waals surface area (Å²) < 4.78 is 32.1. The number of ether oxygens (including phenoxy) is 1. The molecule has 0 fully saturated rings. The molecule has 3 nitrogen and oxygen atoms in total.